The third-order valence-electron chi connectivity index (χ3n) is 6.60. The van der Waals surface area contributed by atoms with Crippen LogP contribution >= 0.6 is 11.6 Å². The summed E-state index contributed by atoms with van der Waals surface area (Å²) in [6.07, 6.45) is 8.81. The van der Waals surface area contributed by atoms with Gasteiger partial charge in [-0.2, -0.15) is 5.26 Å². The van der Waals surface area contributed by atoms with Crippen LogP contribution in [0.25, 0.3) is 5.65 Å². The summed E-state index contributed by atoms with van der Waals surface area (Å²) < 4.78 is 2.07. The number of carbonyl (C=O) groups is 2. The normalized spacial score (nSPS) is 17.6. The fourth-order valence-corrected chi connectivity index (χ4v) is 4.68. The largest absolute Gasteiger partial charge is 0.483 e. The highest BCUT2D eigenvalue weighted by Crippen LogP contribution is 2.49. The lowest BCUT2D eigenvalue weighted by molar-refractivity contribution is -0.123. The average Bonchev–Trinajstić information content (AvgIpc) is 3.84. The van der Waals surface area contributed by atoms with Gasteiger partial charge in [-0.1, -0.05) is 17.7 Å². The van der Waals surface area contributed by atoms with Gasteiger partial charge in [-0.3, -0.25) is 9.59 Å². The number of halogens is 1. The van der Waals surface area contributed by atoms with E-state index in [1.807, 2.05) is 6.20 Å². The Morgan fingerprint density at radius 1 is 1.18 bits per heavy atom. The number of imidazole rings is 1. The Morgan fingerprint density at radius 2 is 1.97 bits per heavy atom. The molecule has 11 heteroatoms. The van der Waals surface area contributed by atoms with E-state index in [-0.39, 0.29) is 24.2 Å². The predicted octanol–water partition coefficient (Wildman–Crippen LogP) is 4.58. The molecule has 6 rings (SSSR count). The maximum atomic E-state index is 12.8. The van der Waals surface area contributed by atoms with Crippen molar-refractivity contribution in [1.29, 1.82) is 5.26 Å². The van der Waals surface area contributed by atoms with Gasteiger partial charge >= 0.3 is 0 Å². The van der Waals surface area contributed by atoms with Crippen molar-refractivity contribution >= 4 is 41.3 Å². The highest BCUT2D eigenvalue weighted by Gasteiger charge is 2.45. The van der Waals surface area contributed by atoms with Crippen molar-refractivity contribution in [3.05, 3.63) is 82.5 Å². The van der Waals surface area contributed by atoms with E-state index in [1.165, 1.54) is 24.7 Å². The van der Waals surface area contributed by atoms with Crippen LogP contribution in [-0.4, -0.2) is 36.8 Å². The standard InChI is InChI=1S/C26H22ClN7O.CH2O2/c27-18-5-3-16(10-28)20(7-18)21-8-22(21)26(35)33-24-9-23(30-14-31-24)29-11-19-13-34-12-17(15-1-2-15)4-6-25(34)32-19;2-1-3/h3-7,9,12-15,21-22H,1-2,8,11H2,(H2,29,30,31,33,35);1H,(H,2,3)/t21-,22+;/m1./s1. The molecule has 0 unspecified atom stereocenters. The van der Waals surface area contributed by atoms with Gasteiger partial charge in [-0.05, 0) is 66.5 Å². The molecule has 0 aliphatic heterocycles. The molecule has 2 atom stereocenters. The number of benzene rings is 1. The molecule has 2 aliphatic rings. The van der Waals surface area contributed by atoms with Crippen molar-refractivity contribution in [1.82, 2.24) is 19.4 Å². The minimum atomic E-state index is -0.250. The van der Waals surface area contributed by atoms with Crippen LogP contribution < -0.4 is 10.6 Å². The zero-order chi connectivity index (χ0) is 26.6. The maximum Gasteiger partial charge on any atom is 0.290 e. The molecule has 1 amide bonds. The molecule has 2 aliphatic carbocycles. The number of hydrogen-bond acceptors (Lipinski definition) is 7. The molecule has 0 radical (unpaired) electrons. The minimum Gasteiger partial charge on any atom is -0.483 e. The number of rotatable bonds is 7. The lowest BCUT2D eigenvalue weighted by Gasteiger charge is -2.08. The second-order valence-electron chi connectivity index (χ2n) is 9.26. The first kappa shape index (κ1) is 25.2. The molecule has 192 valence electrons. The number of carboxylic acid groups (broad SMARTS) is 1. The highest BCUT2D eigenvalue weighted by atomic mass is 35.5. The van der Waals surface area contributed by atoms with E-state index in [0.717, 1.165) is 16.9 Å². The Morgan fingerprint density at radius 3 is 2.74 bits per heavy atom. The number of nitrogens with zero attached hydrogens (tertiary/aromatic N) is 5. The summed E-state index contributed by atoms with van der Waals surface area (Å²) in [4.78, 5) is 34.3. The summed E-state index contributed by atoms with van der Waals surface area (Å²) >= 11 is 6.10. The van der Waals surface area contributed by atoms with Crippen LogP contribution in [0.1, 0.15) is 53.5 Å². The molecule has 3 N–H and O–H groups in total. The third-order valence-corrected chi connectivity index (χ3v) is 6.84. The average molecular weight is 530 g/mol. The number of amides is 1. The van der Waals surface area contributed by atoms with Gasteiger partial charge in [0.05, 0.1) is 23.9 Å². The van der Waals surface area contributed by atoms with Gasteiger partial charge in [0.25, 0.3) is 6.47 Å². The number of nitrogens with one attached hydrogen (secondary N) is 2. The quantitative estimate of drug-likeness (QED) is 0.295. The second kappa shape index (κ2) is 10.9. The van der Waals surface area contributed by atoms with Gasteiger partial charge in [0.1, 0.15) is 23.6 Å². The van der Waals surface area contributed by atoms with Gasteiger partial charge < -0.3 is 20.1 Å². The van der Waals surface area contributed by atoms with Crippen LogP contribution in [0, 0.1) is 17.2 Å². The summed E-state index contributed by atoms with van der Waals surface area (Å²) in [6, 6.07) is 13.3. The number of fused-ring (bicyclic) bond motifs is 1. The van der Waals surface area contributed by atoms with Crippen LogP contribution in [0.3, 0.4) is 0 Å². The predicted molar refractivity (Wildman–Crippen MR) is 141 cm³/mol. The molecule has 0 saturated heterocycles. The van der Waals surface area contributed by atoms with Crippen molar-refractivity contribution in [3.63, 3.8) is 0 Å². The third kappa shape index (κ3) is 5.74. The summed E-state index contributed by atoms with van der Waals surface area (Å²) in [7, 11) is 0. The summed E-state index contributed by atoms with van der Waals surface area (Å²) in [6.45, 7) is 0.251. The van der Waals surface area contributed by atoms with Crippen molar-refractivity contribution < 1.29 is 14.7 Å². The molecule has 3 heterocycles. The fraction of sp³-hybridized carbons (Fsp3) is 0.259. The van der Waals surface area contributed by atoms with E-state index < -0.39 is 0 Å². The topological polar surface area (TPSA) is 145 Å². The zero-order valence-electron chi connectivity index (χ0n) is 20.2. The molecule has 4 aromatic rings. The molecule has 38 heavy (non-hydrogen) atoms. The minimum absolute atomic E-state index is 0.0155. The number of pyridine rings is 1. The smallest absolute Gasteiger partial charge is 0.290 e. The Kier molecular flexibility index (Phi) is 7.20. The molecule has 2 fully saturated rings. The van der Waals surface area contributed by atoms with Crippen LogP contribution in [0.15, 0.2) is 55.1 Å². The summed E-state index contributed by atoms with van der Waals surface area (Å²) in [5.41, 5.74) is 4.56. The Bertz CT molecular complexity index is 1540. The lowest BCUT2D eigenvalue weighted by Crippen LogP contribution is -2.16. The van der Waals surface area contributed by atoms with Crippen LogP contribution in [0.4, 0.5) is 11.6 Å². The monoisotopic (exact) mass is 529 g/mol. The van der Waals surface area contributed by atoms with E-state index in [0.29, 0.717) is 41.1 Å². The Hall–Kier alpha value is -4.49. The number of aromatic nitrogens is 4. The first-order valence-corrected chi connectivity index (χ1v) is 12.5. The van der Waals surface area contributed by atoms with Gasteiger partial charge in [-0.15, -0.1) is 0 Å². The molecule has 10 nitrogen and oxygen atoms in total. The van der Waals surface area contributed by atoms with Crippen LogP contribution in [0.5, 0.6) is 0 Å². The molecule has 0 spiro atoms. The number of carbonyl (C=O) groups excluding carboxylic acids is 1. The van der Waals surface area contributed by atoms with E-state index in [2.05, 4.69) is 54.4 Å². The summed E-state index contributed by atoms with van der Waals surface area (Å²) in [5.74, 6) is 1.36. The van der Waals surface area contributed by atoms with E-state index in [1.54, 1.807) is 24.3 Å². The van der Waals surface area contributed by atoms with E-state index in [4.69, 9.17) is 21.5 Å². The van der Waals surface area contributed by atoms with E-state index >= 15 is 0 Å². The molecular weight excluding hydrogens is 506 g/mol. The van der Waals surface area contributed by atoms with Gasteiger partial charge in [-0.25, -0.2) is 15.0 Å². The van der Waals surface area contributed by atoms with Gasteiger partial charge in [0.15, 0.2) is 0 Å². The number of nitriles is 1. The fourth-order valence-electron chi connectivity index (χ4n) is 4.50. The molecule has 0 bridgehead atoms. The molecular formula is C27H24ClN7O3. The van der Waals surface area contributed by atoms with Crippen LogP contribution in [0.2, 0.25) is 5.02 Å². The van der Waals surface area contributed by atoms with Crippen LogP contribution in [-0.2, 0) is 16.1 Å². The Labute approximate surface area is 223 Å². The van der Waals surface area contributed by atoms with Gasteiger partial charge in [0, 0.05) is 29.4 Å². The SMILES string of the molecule is N#Cc1ccc(Cl)cc1[C@H]1C[C@@H]1C(=O)Nc1cc(NCc2cn3cc(C4CC4)ccc3n2)ncn1.O=CO. The first-order chi connectivity index (χ1) is 18.5. The maximum absolute atomic E-state index is 12.8. The Balaban J connectivity index is 0.000000937. The molecule has 1 aromatic carbocycles. The zero-order valence-corrected chi connectivity index (χ0v) is 21.0. The van der Waals surface area contributed by atoms with Crippen molar-refractivity contribution in [2.75, 3.05) is 10.6 Å². The molecule has 3 aromatic heterocycles. The van der Waals surface area contributed by atoms with Crippen molar-refractivity contribution in [2.45, 2.75) is 37.6 Å². The first-order valence-electron chi connectivity index (χ1n) is 12.1. The highest BCUT2D eigenvalue weighted by molar-refractivity contribution is 6.30. The van der Waals surface area contributed by atoms with Gasteiger partial charge in [0.2, 0.25) is 5.91 Å². The van der Waals surface area contributed by atoms with Crippen molar-refractivity contribution in [2.24, 2.45) is 5.92 Å². The lowest BCUT2D eigenvalue weighted by atomic mass is 10.0. The summed E-state index contributed by atoms with van der Waals surface area (Å²) in [5, 5.41) is 22.9. The second-order valence-corrected chi connectivity index (χ2v) is 9.70. The van der Waals surface area contributed by atoms with E-state index in [9.17, 15) is 10.1 Å². The number of hydrogen-bond donors (Lipinski definition) is 3. The molecule has 2 saturated carbocycles. The van der Waals surface area contributed by atoms with Crippen molar-refractivity contribution in [3.8, 4) is 6.07 Å². The number of anilines is 2.